The van der Waals surface area contributed by atoms with Crippen molar-refractivity contribution in [3.8, 4) is 0 Å². The van der Waals surface area contributed by atoms with E-state index in [2.05, 4.69) is 11.8 Å². The maximum Gasteiger partial charge on any atom is 0.392 e. The molecule has 0 aromatic heterocycles. The van der Waals surface area contributed by atoms with Gasteiger partial charge in [0, 0.05) is 13.3 Å². The third-order valence-electron chi connectivity index (χ3n) is 2.48. The smallest absolute Gasteiger partial charge is 0.392 e. The van der Waals surface area contributed by atoms with Crippen molar-refractivity contribution < 1.29 is 9.53 Å². The fourth-order valence-electron chi connectivity index (χ4n) is 1.39. The van der Waals surface area contributed by atoms with Crippen molar-refractivity contribution in [3.63, 3.8) is 0 Å². The number of ether oxygens (including phenoxy) is 1. The van der Waals surface area contributed by atoms with Crippen LogP contribution in [0.15, 0.2) is 0 Å². The summed E-state index contributed by atoms with van der Waals surface area (Å²) in [4.78, 5) is 14.9. The Balaban J connectivity index is 4.08. The lowest BCUT2D eigenvalue weighted by atomic mass is 9.95. The van der Waals surface area contributed by atoms with Crippen LogP contribution in [0.2, 0.25) is 0 Å². The minimum absolute atomic E-state index is 0.346. The number of nitrogens with zero attached hydrogens (tertiary/aromatic N) is 1. The molecule has 0 saturated heterocycles. The average Bonchev–Trinajstić information content (AvgIpc) is 2.24. The molecule has 0 heterocycles. The van der Waals surface area contributed by atoms with E-state index < -0.39 is 5.54 Å². The van der Waals surface area contributed by atoms with Crippen LogP contribution in [0.25, 0.3) is 4.85 Å². The predicted octanol–water partition coefficient (Wildman–Crippen LogP) is 3.20. The van der Waals surface area contributed by atoms with Crippen molar-refractivity contribution in [2.24, 2.45) is 0 Å². The van der Waals surface area contributed by atoms with E-state index in [1.54, 1.807) is 13.8 Å². The average molecular weight is 211 g/mol. The zero-order valence-corrected chi connectivity index (χ0v) is 10.0. The molecular weight excluding hydrogens is 190 g/mol. The molecule has 0 amide bonds. The standard InChI is InChI=1S/C12H21NO2/c1-5-7-8-9-10-12(3,13-4)11(14)15-6-2/h5-10H2,1-3H3. The Morgan fingerprint density at radius 2 is 2.00 bits per heavy atom. The Labute approximate surface area is 92.6 Å². The van der Waals surface area contributed by atoms with E-state index in [1.165, 1.54) is 0 Å². The molecule has 0 spiro atoms. The monoisotopic (exact) mass is 211 g/mol. The van der Waals surface area contributed by atoms with Gasteiger partial charge in [-0.1, -0.05) is 26.2 Å². The SMILES string of the molecule is [C-]#[N+]C(C)(CCCCCC)C(=O)OCC. The van der Waals surface area contributed by atoms with Crippen LogP contribution in [0.5, 0.6) is 0 Å². The van der Waals surface area contributed by atoms with E-state index >= 15 is 0 Å². The third kappa shape index (κ3) is 4.83. The fourth-order valence-corrected chi connectivity index (χ4v) is 1.39. The summed E-state index contributed by atoms with van der Waals surface area (Å²) in [5, 5.41) is 0. The Morgan fingerprint density at radius 1 is 1.33 bits per heavy atom. The molecule has 0 radical (unpaired) electrons. The van der Waals surface area contributed by atoms with Gasteiger partial charge in [-0.15, -0.1) is 0 Å². The highest BCUT2D eigenvalue weighted by Gasteiger charge is 2.40. The van der Waals surface area contributed by atoms with E-state index in [1.807, 2.05) is 0 Å². The molecule has 0 saturated carbocycles. The molecule has 0 bridgehead atoms. The first-order valence-electron chi connectivity index (χ1n) is 5.66. The van der Waals surface area contributed by atoms with E-state index in [9.17, 15) is 4.79 Å². The molecule has 0 aliphatic rings. The first kappa shape index (κ1) is 14.0. The van der Waals surface area contributed by atoms with Crippen LogP contribution in [-0.2, 0) is 9.53 Å². The summed E-state index contributed by atoms with van der Waals surface area (Å²) >= 11 is 0. The summed E-state index contributed by atoms with van der Waals surface area (Å²) < 4.78 is 4.90. The Morgan fingerprint density at radius 3 is 2.47 bits per heavy atom. The molecule has 0 aliphatic carbocycles. The van der Waals surface area contributed by atoms with Crippen LogP contribution in [0.3, 0.4) is 0 Å². The summed E-state index contributed by atoms with van der Waals surface area (Å²) in [6, 6.07) is 0. The summed E-state index contributed by atoms with van der Waals surface area (Å²) in [6.45, 7) is 13.0. The number of rotatable bonds is 7. The second-order valence-corrected chi connectivity index (χ2v) is 3.92. The highest BCUT2D eigenvalue weighted by atomic mass is 16.5. The molecule has 0 aromatic carbocycles. The van der Waals surface area contributed by atoms with Crippen molar-refractivity contribution in [1.82, 2.24) is 0 Å². The Bertz CT molecular complexity index is 232. The van der Waals surface area contributed by atoms with Gasteiger partial charge in [0.1, 0.15) is 0 Å². The number of unbranched alkanes of at least 4 members (excludes halogenated alkanes) is 3. The van der Waals surface area contributed by atoms with Crippen LogP contribution in [0.4, 0.5) is 0 Å². The molecule has 0 N–H and O–H groups in total. The normalized spacial score (nSPS) is 14.0. The highest BCUT2D eigenvalue weighted by molar-refractivity contribution is 5.82. The van der Waals surface area contributed by atoms with E-state index in [0.29, 0.717) is 13.0 Å². The van der Waals surface area contributed by atoms with Gasteiger partial charge in [-0.05, 0) is 13.3 Å². The molecule has 15 heavy (non-hydrogen) atoms. The van der Waals surface area contributed by atoms with Gasteiger partial charge in [0.2, 0.25) is 0 Å². The van der Waals surface area contributed by atoms with Gasteiger partial charge in [0.15, 0.2) is 0 Å². The molecular formula is C12H21NO2. The van der Waals surface area contributed by atoms with Gasteiger partial charge in [0.25, 0.3) is 0 Å². The first-order valence-corrected chi connectivity index (χ1v) is 5.66. The number of hydrogen-bond donors (Lipinski definition) is 0. The third-order valence-corrected chi connectivity index (χ3v) is 2.48. The van der Waals surface area contributed by atoms with Crippen LogP contribution in [-0.4, -0.2) is 18.1 Å². The van der Waals surface area contributed by atoms with Crippen molar-refractivity contribution in [2.45, 2.75) is 58.4 Å². The topological polar surface area (TPSA) is 30.7 Å². The molecule has 0 aliphatic heterocycles. The minimum atomic E-state index is -0.969. The summed E-state index contributed by atoms with van der Waals surface area (Å²) in [6.07, 6.45) is 4.94. The van der Waals surface area contributed by atoms with Crippen molar-refractivity contribution >= 4 is 5.97 Å². The second kappa shape index (κ2) is 7.28. The Hall–Kier alpha value is -1.04. The minimum Gasteiger partial charge on any atom is -0.460 e. The van der Waals surface area contributed by atoms with Gasteiger partial charge in [-0.2, -0.15) is 0 Å². The van der Waals surface area contributed by atoms with Crippen molar-refractivity contribution in [2.75, 3.05) is 6.61 Å². The van der Waals surface area contributed by atoms with Crippen molar-refractivity contribution in [3.05, 3.63) is 11.4 Å². The largest absolute Gasteiger partial charge is 0.460 e. The van der Waals surface area contributed by atoms with E-state index in [4.69, 9.17) is 11.3 Å². The zero-order valence-electron chi connectivity index (χ0n) is 10.0. The zero-order chi connectivity index (χ0) is 11.7. The van der Waals surface area contributed by atoms with Gasteiger partial charge in [-0.25, -0.2) is 11.4 Å². The number of carbonyl (C=O) groups is 1. The molecule has 0 rings (SSSR count). The molecule has 0 fully saturated rings. The number of esters is 1. The maximum absolute atomic E-state index is 11.5. The lowest BCUT2D eigenvalue weighted by Gasteiger charge is -2.14. The molecule has 3 nitrogen and oxygen atoms in total. The van der Waals surface area contributed by atoms with Crippen LogP contribution in [0, 0.1) is 6.57 Å². The number of hydrogen-bond acceptors (Lipinski definition) is 2. The maximum atomic E-state index is 11.5. The molecule has 0 aromatic rings. The fraction of sp³-hybridized carbons (Fsp3) is 0.833. The second-order valence-electron chi connectivity index (χ2n) is 3.92. The first-order chi connectivity index (χ1) is 7.10. The van der Waals surface area contributed by atoms with Crippen LogP contribution >= 0.6 is 0 Å². The van der Waals surface area contributed by atoms with Gasteiger partial charge in [-0.3, -0.25) is 4.85 Å². The summed E-state index contributed by atoms with van der Waals surface area (Å²) in [5.41, 5.74) is -0.969. The highest BCUT2D eigenvalue weighted by Crippen LogP contribution is 2.21. The van der Waals surface area contributed by atoms with Gasteiger partial charge < -0.3 is 4.74 Å². The lowest BCUT2D eigenvalue weighted by molar-refractivity contribution is -0.147. The van der Waals surface area contributed by atoms with E-state index in [-0.39, 0.29) is 5.97 Å². The van der Waals surface area contributed by atoms with Crippen molar-refractivity contribution in [1.29, 1.82) is 0 Å². The van der Waals surface area contributed by atoms with Crippen LogP contribution in [0.1, 0.15) is 52.9 Å². The molecule has 3 heteroatoms. The summed E-state index contributed by atoms with van der Waals surface area (Å²) in [5.74, 6) is -0.378. The van der Waals surface area contributed by atoms with Crippen LogP contribution < -0.4 is 0 Å². The number of carbonyl (C=O) groups excluding carboxylic acids is 1. The quantitative estimate of drug-likeness (QED) is 0.368. The van der Waals surface area contributed by atoms with E-state index in [0.717, 1.165) is 25.7 Å². The van der Waals surface area contributed by atoms with Gasteiger partial charge >= 0.3 is 11.5 Å². The molecule has 1 atom stereocenters. The molecule has 86 valence electrons. The molecule has 1 unspecified atom stereocenters. The predicted molar refractivity (Wildman–Crippen MR) is 60.4 cm³/mol. The summed E-state index contributed by atoms with van der Waals surface area (Å²) in [7, 11) is 0. The lowest BCUT2D eigenvalue weighted by Crippen LogP contribution is -2.33. The Kier molecular flexibility index (Phi) is 6.77. The van der Waals surface area contributed by atoms with Gasteiger partial charge in [0.05, 0.1) is 6.61 Å².